The van der Waals surface area contributed by atoms with Crippen LogP contribution in [0.2, 0.25) is 0 Å². The van der Waals surface area contributed by atoms with E-state index >= 15 is 0 Å². The van der Waals surface area contributed by atoms with Gasteiger partial charge in [-0.05, 0) is 48.4 Å². The van der Waals surface area contributed by atoms with Gasteiger partial charge in [0.2, 0.25) is 5.88 Å². The second-order valence-electron chi connectivity index (χ2n) is 5.81. The molecule has 1 aromatic heterocycles. The molecule has 21 heavy (non-hydrogen) atoms. The Hall–Kier alpha value is -1.87. The highest BCUT2D eigenvalue weighted by molar-refractivity contribution is 5.31. The minimum atomic E-state index is 0.619. The monoisotopic (exact) mass is 282 g/mol. The van der Waals surface area contributed by atoms with Gasteiger partial charge in [0.15, 0.2) is 0 Å². The third kappa shape index (κ3) is 3.24. The zero-order chi connectivity index (χ0) is 14.7. The van der Waals surface area contributed by atoms with Crippen molar-refractivity contribution in [3.8, 4) is 5.88 Å². The molecule has 1 N–H and O–H groups in total. The minimum absolute atomic E-state index is 0.619. The largest absolute Gasteiger partial charge is 0.481 e. The fourth-order valence-electron chi connectivity index (χ4n) is 3.02. The Morgan fingerprint density at radius 1 is 1.24 bits per heavy atom. The van der Waals surface area contributed by atoms with Crippen LogP contribution < -0.4 is 10.1 Å². The zero-order valence-electron chi connectivity index (χ0n) is 12.7. The number of nitrogens with zero attached hydrogens (tertiary/aromatic N) is 1. The van der Waals surface area contributed by atoms with E-state index < -0.39 is 0 Å². The summed E-state index contributed by atoms with van der Waals surface area (Å²) in [6.07, 6.45) is 4.26. The third-order valence-electron chi connectivity index (χ3n) is 4.37. The lowest BCUT2D eigenvalue weighted by Crippen LogP contribution is -2.39. The summed E-state index contributed by atoms with van der Waals surface area (Å²) in [6.45, 7) is 3.09. The lowest BCUT2D eigenvalue weighted by molar-refractivity contribution is 0.288. The maximum atomic E-state index is 5.15. The molecule has 0 bridgehead atoms. The van der Waals surface area contributed by atoms with Gasteiger partial charge < -0.3 is 10.1 Å². The van der Waals surface area contributed by atoms with Crippen LogP contribution in [0.3, 0.4) is 0 Å². The van der Waals surface area contributed by atoms with Crippen LogP contribution in [0, 0.1) is 6.92 Å². The second kappa shape index (κ2) is 6.27. The quantitative estimate of drug-likeness (QED) is 0.912. The molecular formula is C18H22N2O. The van der Waals surface area contributed by atoms with E-state index in [1.165, 1.54) is 29.5 Å². The van der Waals surface area contributed by atoms with E-state index in [0.29, 0.717) is 11.9 Å². The fraction of sp³-hybridized carbons (Fsp3) is 0.389. The van der Waals surface area contributed by atoms with E-state index in [0.717, 1.165) is 12.5 Å². The van der Waals surface area contributed by atoms with Crippen molar-refractivity contribution in [2.75, 3.05) is 7.11 Å². The number of methoxy groups -OCH3 is 1. The molecule has 0 amide bonds. The summed E-state index contributed by atoms with van der Waals surface area (Å²) in [5.41, 5.74) is 4.15. The third-order valence-corrected chi connectivity index (χ3v) is 4.37. The van der Waals surface area contributed by atoms with Crippen LogP contribution in [-0.2, 0) is 6.54 Å². The molecule has 0 saturated heterocycles. The van der Waals surface area contributed by atoms with Crippen LogP contribution >= 0.6 is 0 Å². The predicted molar refractivity (Wildman–Crippen MR) is 84.6 cm³/mol. The molecule has 0 spiro atoms. The summed E-state index contributed by atoms with van der Waals surface area (Å²) < 4.78 is 5.15. The molecule has 0 atom stereocenters. The zero-order valence-corrected chi connectivity index (χ0v) is 12.7. The van der Waals surface area contributed by atoms with Gasteiger partial charge in [-0.15, -0.1) is 0 Å². The smallest absolute Gasteiger partial charge is 0.213 e. The van der Waals surface area contributed by atoms with E-state index in [9.17, 15) is 0 Å². The van der Waals surface area contributed by atoms with Crippen LogP contribution in [0.4, 0.5) is 0 Å². The number of benzene rings is 1. The average Bonchev–Trinajstić information content (AvgIpc) is 2.47. The fourth-order valence-corrected chi connectivity index (χ4v) is 3.02. The van der Waals surface area contributed by atoms with E-state index in [-0.39, 0.29) is 0 Å². The number of nitrogens with one attached hydrogen (secondary N) is 1. The van der Waals surface area contributed by atoms with Crippen molar-refractivity contribution in [2.24, 2.45) is 0 Å². The number of hydrogen-bond donors (Lipinski definition) is 1. The van der Waals surface area contributed by atoms with Crippen LogP contribution in [0.25, 0.3) is 0 Å². The summed E-state index contributed by atoms with van der Waals surface area (Å²) in [7, 11) is 1.65. The van der Waals surface area contributed by atoms with Crippen molar-refractivity contribution < 1.29 is 4.74 Å². The summed E-state index contributed by atoms with van der Waals surface area (Å²) in [6, 6.07) is 13.4. The van der Waals surface area contributed by atoms with Gasteiger partial charge in [-0.25, -0.2) is 4.98 Å². The van der Waals surface area contributed by atoms with Crippen molar-refractivity contribution in [1.82, 2.24) is 10.3 Å². The van der Waals surface area contributed by atoms with Crippen LogP contribution in [0.5, 0.6) is 5.88 Å². The molecule has 1 saturated carbocycles. The van der Waals surface area contributed by atoms with Crippen LogP contribution in [0.1, 0.15) is 35.4 Å². The van der Waals surface area contributed by atoms with E-state index in [1.54, 1.807) is 13.3 Å². The van der Waals surface area contributed by atoms with Gasteiger partial charge in [-0.2, -0.15) is 0 Å². The number of aromatic nitrogens is 1. The maximum Gasteiger partial charge on any atom is 0.213 e. The van der Waals surface area contributed by atoms with E-state index in [4.69, 9.17) is 4.74 Å². The second-order valence-corrected chi connectivity index (χ2v) is 5.81. The highest BCUT2D eigenvalue weighted by atomic mass is 16.5. The van der Waals surface area contributed by atoms with Gasteiger partial charge in [0.25, 0.3) is 0 Å². The first kappa shape index (κ1) is 14.1. The SMILES string of the molecule is COc1cc(CNC2CC(c3ccccc3C)C2)ccn1. The normalized spacial score (nSPS) is 20.9. The number of aryl methyl sites for hydroxylation is 1. The highest BCUT2D eigenvalue weighted by Gasteiger charge is 2.30. The van der Waals surface area contributed by atoms with Crippen LogP contribution in [0.15, 0.2) is 42.6 Å². The Morgan fingerprint density at radius 3 is 2.81 bits per heavy atom. The Morgan fingerprint density at radius 2 is 2.05 bits per heavy atom. The Kier molecular flexibility index (Phi) is 4.20. The first-order valence-corrected chi connectivity index (χ1v) is 7.54. The van der Waals surface area contributed by atoms with Crippen molar-refractivity contribution in [3.05, 3.63) is 59.3 Å². The lowest BCUT2D eigenvalue weighted by Gasteiger charge is -2.37. The molecule has 0 radical (unpaired) electrons. The number of hydrogen-bond acceptors (Lipinski definition) is 3. The Balaban J connectivity index is 1.50. The molecule has 3 heteroatoms. The summed E-state index contributed by atoms with van der Waals surface area (Å²) in [5, 5.41) is 3.62. The molecule has 0 aliphatic heterocycles. The van der Waals surface area contributed by atoms with Crippen LogP contribution in [-0.4, -0.2) is 18.1 Å². The molecular weight excluding hydrogens is 260 g/mol. The average molecular weight is 282 g/mol. The van der Waals surface area contributed by atoms with Gasteiger partial charge in [0, 0.05) is 24.8 Å². The van der Waals surface area contributed by atoms with Gasteiger partial charge in [-0.1, -0.05) is 24.3 Å². The van der Waals surface area contributed by atoms with E-state index in [2.05, 4.69) is 41.5 Å². The Labute approximate surface area is 126 Å². The molecule has 0 unspecified atom stereocenters. The van der Waals surface area contributed by atoms with Gasteiger partial charge in [0.1, 0.15) is 0 Å². The molecule has 1 fully saturated rings. The first-order chi connectivity index (χ1) is 10.3. The van der Waals surface area contributed by atoms with Crippen molar-refractivity contribution in [1.29, 1.82) is 0 Å². The van der Waals surface area contributed by atoms with Gasteiger partial charge >= 0.3 is 0 Å². The molecule has 1 aliphatic carbocycles. The molecule has 1 aliphatic rings. The van der Waals surface area contributed by atoms with E-state index in [1.807, 2.05) is 12.1 Å². The lowest BCUT2D eigenvalue weighted by atomic mass is 9.74. The number of pyridine rings is 1. The maximum absolute atomic E-state index is 5.15. The first-order valence-electron chi connectivity index (χ1n) is 7.54. The summed E-state index contributed by atoms with van der Waals surface area (Å²) in [4.78, 5) is 4.13. The summed E-state index contributed by atoms with van der Waals surface area (Å²) >= 11 is 0. The standard InChI is InChI=1S/C18H22N2O/c1-13-5-3-4-6-17(13)15-10-16(11-15)20-12-14-7-8-19-18(9-14)21-2/h3-9,15-16,20H,10-12H2,1-2H3. The highest BCUT2D eigenvalue weighted by Crippen LogP contribution is 2.38. The molecule has 110 valence electrons. The molecule has 2 aromatic rings. The molecule has 1 aromatic carbocycles. The predicted octanol–water partition coefficient (Wildman–Crippen LogP) is 3.43. The van der Waals surface area contributed by atoms with Crippen molar-refractivity contribution >= 4 is 0 Å². The van der Waals surface area contributed by atoms with Crippen molar-refractivity contribution in [2.45, 2.75) is 38.3 Å². The number of ether oxygens (including phenoxy) is 1. The van der Waals surface area contributed by atoms with Gasteiger partial charge in [0.05, 0.1) is 7.11 Å². The molecule has 3 nitrogen and oxygen atoms in total. The van der Waals surface area contributed by atoms with Crippen molar-refractivity contribution in [3.63, 3.8) is 0 Å². The summed E-state index contributed by atoms with van der Waals surface area (Å²) in [5.74, 6) is 1.40. The molecule has 3 rings (SSSR count). The topological polar surface area (TPSA) is 34.1 Å². The van der Waals surface area contributed by atoms with Gasteiger partial charge in [-0.3, -0.25) is 0 Å². The Bertz CT molecular complexity index is 606. The minimum Gasteiger partial charge on any atom is -0.481 e. The number of rotatable bonds is 5. The molecule has 1 heterocycles.